The van der Waals surface area contributed by atoms with Crippen LogP contribution in [0.15, 0.2) is 54.9 Å². The van der Waals surface area contributed by atoms with E-state index in [2.05, 4.69) is 34.4 Å². The van der Waals surface area contributed by atoms with Gasteiger partial charge < -0.3 is 32.5 Å². The fourth-order valence-electron chi connectivity index (χ4n) is 3.93. The Morgan fingerprint density at radius 1 is 0.914 bits per heavy atom. The molecule has 0 aliphatic heterocycles. The van der Waals surface area contributed by atoms with Crippen LogP contribution >= 0.6 is 0 Å². The maximum absolute atomic E-state index is 12.2. The van der Waals surface area contributed by atoms with Gasteiger partial charge in [0.25, 0.3) is 5.69 Å². The minimum absolute atomic E-state index is 0. The zero-order chi connectivity index (χ0) is 24.6. The Bertz CT molecular complexity index is 852. The molecule has 0 spiro atoms. The minimum atomic E-state index is -1.14. The summed E-state index contributed by atoms with van der Waals surface area (Å²) in [4.78, 5) is 22.4. The highest BCUT2D eigenvalue weighted by atomic mass is 79.9. The van der Waals surface area contributed by atoms with Gasteiger partial charge in [0.1, 0.15) is 12.6 Å². The van der Waals surface area contributed by atoms with Crippen LogP contribution in [0.1, 0.15) is 75.9 Å². The summed E-state index contributed by atoms with van der Waals surface area (Å²) in [6.45, 7) is 0.652. The molecular weight excluding hydrogens is 514 g/mol. The first-order valence-electron chi connectivity index (χ1n) is 12.3. The number of hydrogen-bond acceptors (Lipinski definition) is 5. The van der Waals surface area contributed by atoms with Crippen molar-refractivity contribution >= 4 is 11.6 Å². The highest BCUT2D eigenvalue weighted by Gasteiger charge is 2.22. The first-order chi connectivity index (χ1) is 16.5. The Labute approximate surface area is 218 Å². The summed E-state index contributed by atoms with van der Waals surface area (Å²) in [6.07, 6.45) is 13.6. The van der Waals surface area contributed by atoms with Gasteiger partial charge >= 0.3 is 0 Å². The van der Waals surface area contributed by atoms with E-state index in [1.165, 1.54) is 62.8 Å². The van der Waals surface area contributed by atoms with Crippen LogP contribution in [0.2, 0.25) is 0 Å². The van der Waals surface area contributed by atoms with Crippen molar-refractivity contribution in [2.45, 2.75) is 82.9 Å². The molecule has 0 bridgehead atoms. The van der Waals surface area contributed by atoms with E-state index in [1.54, 1.807) is 0 Å². The Morgan fingerprint density at radius 3 is 2.00 bits per heavy atom. The van der Waals surface area contributed by atoms with E-state index in [-0.39, 0.29) is 28.6 Å². The third kappa shape index (κ3) is 12.2. The molecule has 0 aliphatic carbocycles. The number of carbonyl (C=O) groups excluding carboxylic acids is 1. The second-order valence-electron chi connectivity index (χ2n) is 8.70. The second-order valence-corrected chi connectivity index (χ2v) is 8.70. The molecule has 8 nitrogen and oxygen atoms in total. The van der Waals surface area contributed by atoms with Crippen molar-refractivity contribution in [1.29, 1.82) is 0 Å². The third-order valence-electron chi connectivity index (χ3n) is 5.97. The normalized spacial score (nSPS) is 12.4. The topological polar surface area (TPSA) is 117 Å². The number of nitrogens with one attached hydrogen (secondary N) is 1. The van der Waals surface area contributed by atoms with Gasteiger partial charge in [-0.25, -0.2) is 4.57 Å². The predicted molar refractivity (Wildman–Crippen MR) is 130 cm³/mol. The molecule has 9 heteroatoms. The van der Waals surface area contributed by atoms with Gasteiger partial charge in [0.15, 0.2) is 12.4 Å². The van der Waals surface area contributed by atoms with Crippen molar-refractivity contribution in [3.05, 3.63) is 70.5 Å². The molecule has 2 atom stereocenters. The number of aliphatic hydroxyl groups excluding tert-OH is 2. The van der Waals surface area contributed by atoms with Gasteiger partial charge in [-0.2, -0.15) is 0 Å². The molecule has 0 radical (unpaired) electrons. The van der Waals surface area contributed by atoms with Crippen molar-refractivity contribution in [2.24, 2.45) is 0 Å². The molecule has 1 aromatic carbocycles. The van der Waals surface area contributed by atoms with Gasteiger partial charge in [-0.3, -0.25) is 14.9 Å². The molecule has 3 N–H and O–H groups in total. The lowest BCUT2D eigenvalue weighted by Crippen LogP contribution is -3.00. The molecule has 1 aromatic heterocycles. The Kier molecular flexibility index (Phi) is 15.8. The summed E-state index contributed by atoms with van der Waals surface area (Å²) in [5.41, 5.74) is 0.325. The average Bonchev–Trinajstić information content (AvgIpc) is 2.86. The first-order valence-corrected chi connectivity index (χ1v) is 12.3. The monoisotopic (exact) mass is 551 g/mol. The van der Waals surface area contributed by atoms with Crippen LogP contribution in [0.3, 0.4) is 0 Å². The Morgan fingerprint density at radius 2 is 1.46 bits per heavy atom. The van der Waals surface area contributed by atoms with Gasteiger partial charge in [-0.1, -0.05) is 44.6 Å². The number of nitrogens with zero attached hydrogens (tertiary/aromatic N) is 2. The van der Waals surface area contributed by atoms with Crippen LogP contribution in [0, 0.1) is 10.1 Å². The summed E-state index contributed by atoms with van der Waals surface area (Å²) >= 11 is 0. The van der Waals surface area contributed by atoms with Crippen LogP contribution in [0.4, 0.5) is 5.69 Å². The first kappa shape index (κ1) is 30.7. The van der Waals surface area contributed by atoms with Crippen LogP contribution in [-0.2, 0) is 11.3 Å². The molecule has 0 aliphatic rings. The summed E-state index contributed by atoms with van der Waals surface area (Å²) in [5, 5.41) is 33.4. The number of rotatable bonds is 17. The number of carbonyl (C=O) groups is 1. The molecule has 0 saturated heterocycles. The standard InChI is InChI=1S/C26H37N3O5.BrH/c30-21-24(26(32)22-14-16-23(17-15-22)29(33)34)27-25(31)13-9-6-4-2-1-3-5-7-10-18-28-19-11-8-12-20-28;/h8,11-12,14-17,19-20,24,26,30,32H,1-7,9-10,13,18,21H2;1H/t24-,26-;/m1./s1. The van der Waals surface area contributed by atoms with Crippen LogP contribution in [0.25, 0.3) is 0 Å². The van der Waals surface area contributed by atoms with Crippen LogP contribution in [0.5, 0.6) is 0 Å². The summed E-state index contributed by atoms with van der Waals surface area (Å²) in [6, 6.07) is 10.7. The van der Waals surface area contributed by atoms with Crippen molar-refractivity contribution in [1.82, 2.24) is 5.32 Å². The number of benzene rings is 1. The van der Waals surface area contributed by atoms with Crippen molar-refractivity contribution in [3.8, 4) is 0 Å². The lowest BCUT2D eigenvalue weighted by molar-refractivity contribution is -0.697. The van der Waals surface area contributed by atoms with E-state index in [4.69, 9.17) is 0 Å². The average molecular weight is 553 g/mol. The summed E-state index contributed by atoms with van der Waals surface area (Å²) in [5.74, 6) is -0.212. The molecule has 1 amide bonds. The quantitative estimate of drug-likeness (QED) is 0.117. The fraction of sp³-hybridized carbons (Fsp3) is 0.538. The van der Waals surface area contributed by atoms with E-state index < -0.39 is 23.7 Å². The number of nitro benzene ring substituents is 1. The van der Waals surface area contributed by atoms with E-state index in [0.717, 1.165) is 25.8 Å². The molecule has 35 heavy (non-hydrogen) atoms. The van der Waals surface area contributed by atoms with E-state index >= 15 is 0 Å². The molecule has 2 aromatic rings. The Balaban J connectivity index is 0.00000612. The number of unbranched alkanes of at least 4 members (excludes halogenated alkanes) is 8. The lowest BCUT2D eigenvalue weighted by Gasteiger charge is -2.22. The van der Waals surface area contributed by atoms with Crippen LogP contribution < -0.4 is 26.9 Å². The highest BCUT2D eigenvalue weighted by molar-refractivity contribution is 5.76. The number of non-ortho nitro benzene ring substituents is 1. The number of pyridine rings is 1. The molecule has 1 heterocycles. The van der Waals surface area contributed by atoms with Gasteiger partial charge in [-0.15, -0.1) is 0 Å². The fourth-order valence-corrected chi connectivity index (χ4v) is 3.93. The highest BCUT2D eigenvalue weighted by Crippen LogP contribution is 2.20. The number of aliphatic hydroxyl groups is 2. The molecule has 194 valence electrons. The molecule has 0 saturated carbocycles. The molecule has 2 rings (SSSR count). The smallest absolute Gasteiger partial charge is 0.269 e. The third-order valence-corrected chi connectivity index (χ3v) is 5.97. The van der Waals surface area contributed by atoms with Gasteiger partial charge in [0.05, 0.1) is 17.6 Å². The summed E-state index contributed by atoms with van der Waals surface area (Å²) in [7, 11) is 0. The maximum atomic E-state index is 12.2. The SMILES string of the molecule is O=C(CCCCCCCCCCC[n+]1ccccc1)N[C@H](CO)[C@H](O)c1ccc([N+](=O)[O-])cc1.[Br-]. The molecular formula is C26H38BrN3O5. The Hall–Kier alpha value is -2.36. The number of halogens is 1. The van der Waals surface area contributed by atoms with Gasteiger partial charge in [0.2, 0.25) is 5.91 Å². The summed E-state index contributed by atoms with van der Waals surface area (Å²) < 4.78 is 2.22. The molecule has 0 unspecified atom stereocenters. The van der Waals surface area contributed by atoms with Crippen molar-refractivity contribution in [3.63, 3.8) is 0 Å². The van der Waals surface area contributed by atoms with Crippen molar-refractivity contribution in [2.75, 3.05) is 6.61 Å². The zero-order valence-corrected chi connectivity index (χ0v) is 21.8. The second kappa shape index (κ2) is 18.0. The number of aryl methyl sites for hydroxylation is 1. The maximum Gasteiger partial charge on any atom is 0.269 e. The number of hydrogen-bond donors (Lipinski definition) is 3. The van der Waals surface area contributed by atoms with E-state index in [0.29, 0.717) is 12.0 Å². The van der Waals surface area contributed by atoms with E-state index in [1.807, 2.05) is 6.07 Å². The van der Waals surface area contributed by atoms with E-state index in [9.17, 15) is 25.1 Å². The predicted octanol–water partition coefficient (Wildman–Crippen LogP) is 0.998. The molecule has 0 fully saturated rings. The zero-order valence-electron chi connectivity index (χ0n) is 20.2. The van der Waals surface area contributed by atoms with Gasteiger partial charge in [-0.05, 0) is 30.5 Å². The van der Waals surface area contributed by atoms with Gasteiger partial charge in [0, 0.05) is 37.1 Å². The van der Waals surface area contributed by atoms with Crippen molar-refractivity contribution < 1.29 is 41.5 Å². The minimum Gasteiger partial charge on any atom is -1.00 e. The number of amides is 1. The number of nitro groups is 1. The lowest BCUT2D eigenvalue weighted by atomic mass is 10.0. The number of aromatic nitrogens is 1. The largest absolute Gasteiger partial charge is 1.00 e. The van der Waals surface area contributed by atoms with Crippen LogP contribution in [-0.4, -0.2) is 33.7 Å².